The monoisotopic (exact) mass is 300 g/mol. The average Bonchev–Trinajstić information content (AvgIpc) is 2.46. The third kappa shape index (κ3) is 2.20. The maximum absolute atomic E-state index is 11.6. The molecule has 0 saturated heterocycles. The summed E-state index contributed by atoms with van der Waals surface area (Å²) in [5, 5.41) is 3.05. The van der Waals surface area contributed by atoms with E-state index in [0.717, 1.165) is 28.2 Å². The fraction of sp³-hybridized carbons (Fsp3) is 0. The fourth-order valence-corrected chi connectivity index (χ4v) is 2.77. The normalized spacial score (nSPS) is 10.7. The Kier molecular flexibility index (Phi) is 3.47. The molecule has 0 saturated carbocycles. The van der Waals surface area contributed by atoms with Gasteiger partial charge in [0.2, 0.25) is 0 Å². The summed E-state index contributed by atoms with van der Waals surface area (Å²) < 4.78 is 0. The van der Waals surface area contributed by atoms with E-state index in [2.05, 4.69) is 0 Å². The van der Waals surface area contributed by atoms with Crippen LogP contribution >= 0.6 is 23.2 Å². The maximum Gasteiger partial charge on any atom is 0.151 e. The second-order valence-corrected chi connectivity index (χ2v) is 5.33. The Balaban J connectivity index is 2.37. The van der Waals surface area contributed by atoms with Gasteiger partial charge in [0.25, 0.3) is 0 Å². The molecule has 0 unspecified atom stereocenters. The Bertz CT molecular complexity index is 809. The molecule has 3 rings (SSSR count). The van der Waals surface area contributed by atoms with Crippen molar-refractivity contribution in [3.05, 3.63) is 70.2 Å². The average molecular weight is 301 g/mol. The topological polar surface area (TPSA) is 17.1 Å². The molecule has 0 atom stereocenters. The molecule has 20 heavy (non-hydrogen) atoms. The Hall–Kier alpha value is -1.83. The quantitative estimate of drug-likeness (QED) is 0.561. The molecule has 3 aromatic rings. The molecule has 0 aromatic heterocycles. The van der Waals surface area contributed by atoms with Crippen molar-refractivity contribution in [2.75, 3.05) is 0 Å². The van der Waals surface area contributed by atoms with Gasteiger partial charge in [-0.25, -0.2) is 0 Å². The van der Waals surface area contributed by atoms with E-state index >= 15 is 0 Å². The third-order valence-corrected chi connectivity index (χ3v) is 3.87. The van der Waals surface area contributed by atoms with E-state index in [-0.39, 0.29) is 0 Å². The van der Waals surface area contributed by atoms with Crippen molar-refractivity contribution in [1.29, 1.82) is 0 Å². The molecule has 0 N–H and O–H groups in total. The summed E-state index contributed by atoms with van der Waals surface area (Å²) in [6.07, 6.45) is 0.858. The smallest absolute Gasteiger partial charge is 0.151 e. The molecule has 0 aliphatic rings. The Morgan fingerprint density at radius 1 is 0.850 bits per heavy atom. The van der Waals surface area contributed by atoms with Crippen molar-refractivity contribution in [1.82, 2.24) is 0 Å². The Morgan fingerprint density at radius 2 is 1.60 bits per heavy atom. The molecule has 0 aliphatic heterocycles. The summed E-state index contributed by atoms with van der Waals surface area (Å²) >= 11 is 12.3. The van der Waals surface area contributed by atoms with Crippen molar-refractivity contribution in [2.24, 2.45) is 0 Å². The van der Waals surface area contributed by atoms with Crippen molar-refractivity contribution < 1.29 is 4.79 Å². The lowest BCUT2D eigenvalue weighted by atomic mass is 9.95. The van der Waals surface area contributed by atoms with Crippen LogP contribution in [-0.4, -0.2) is 6.29 Å². The van der Waals surface area contributed by atoms with E-state index in [1.807, 2.05) is 48.5 Å². The van der Waals surface area contributed by atoms with Gasteiger partial charge in [-0.15, -0.1) is 0 Å². The number of carbonyl (C=O) groups excluding carboxylic acids is 1. The van der Waals surface area contributed by atoms with E-state index < -0.39 is 0 Å². The molecular weight excluding hydrogens is 291 g/mol. The summed E-state index contributed by atoms with van der Waals surface area (Å²) in [6, 6.07) is 16.9. The second kappa shape index (κ2) is 5.28. The first-order valence-corrected chi connectivity index (χ1v) is 6.88. The van der Waals surface area contributed by atoms with E-state index in [1.165, 1.54) is 0 Å². The minimum atomic E-state index is 0.608. The van der Waals surface area contributed by atoms with E-state index in [1.54, 1.807) is 6.07 Å². The summed E-state index contributed by atoms with van der Waals surface area (Å²) in [4.78, 5) is 11.6. The zero-order valence-electron chi connectivity index (χ0n) is 10.4. The molecule has 0 bridgehead atoms. The molecule has 0 heterocycles. The van der Waals surface area contributed by atoms with Crippen molar-refractivity contribution >= 4 is 40.3 Å². The number of benzene rings is 3. The van der Waals surface area contributed by atoms with E-state index in [4.69, 9.17) is 23.2 Å². The van der Waals surface area contributed by atoms with Gasteiger partial charge in [0.05, 0.1) is 0 Å². The SMILES string of the molecule is O=Cc1c(-c2ccccc2Cl)ccc2ccc(Cl)cc12. The number of aldehydes is 1. The van der Waals surface area contributed by atoms with Crippen LogP contribution in [0.1, 0.15) is 10.4 Å². The summed E-state index contributed by atoms with van der Waals surface area (Å²) in [5.41, 5.74) is 2.27. The van der Waals surface area contributed by atoms with Gasteiger partial charge in [-0.1, -0.05) is 59.6 Å². The van der Waals surface area contributed by atoms with Crippen molar-refractivity contribution in [3.8, 4) is 11.1 Å². The second-order valence-electron chi connectivity index (χ2n) is 4.49. The van der Waals surface area contributed by atoms with Crippen LogP contribution in [0, 0.1) is 0 Å². The highest BCUT2D eigenvalue weighted by atomic mass is 35.5. The van der Waals surface area contributed by atoms with Gasteiger partial charge >= 0.3 is 0 Å². The van der Waals surface area contributed by atoms with E-state index in [0.29, 0.717) is 15.6 Å². The first-order valence-electron chi connectivity index (χ1n) is 6.13. The molecule has 0 radical (unpaired) electrons. The zero-order valence-corrected chi connectivity index (χ0v) is 11.9. The number of hydrogen-bond donors (Lipinski definition) is 0. The highest BCUT2D eigenvalue weighted by Crippen LogP contribution is 2.34. The molecule has 3 aromatic carbocycles. The highest BCUT2D eigenvalue weighted by Gasteiger charge is 2.11. The van der Waals surface area contributed by atoms with Crippen LogP contribution in [0.15, 0.2) is 54.6 Å². The lowest BCUT2D eigenvalue weighted by Crippen LogP contribution is -1.91. The lowest BCUT2D eigenvalue weighted by Gasteiger charge is -2.10. The van der Waals surface area contributed by atoms with Crippen LogP contribution in [0.3, 0.4) is 0 Å². The molecule has 0 amide bonds. The van der Waals surface area contributed by atoms with Gasteiger partial charge < -0.3 is 0 Å². The highest BCUT2D eigenvalue weighted by molar-refractivity contribution is 6.34. The number of carbonyl (C=O) groups is 1. The van der Waals surface area contributed by atoms with Crippen LogP contribution in [0.5, 0.6) is 0 Å². The predicted molar refractivity (Wildman–Crippen MR) is 84.8 cm³/mol. The summed E-state index contributed by atoms with van der Waals surface area (Å²) in [6.45, 7) is 0. The van der Waals surface area contributed by atoms with Gasteiger partial charge in [0, 0.05) is 21.2 Å². The van der Waals surface area contributed by atoms with Gasteiger partial charge in [-0.2, -0.15) is 0 Å². The zero-order chi connectivity index (χ0) is 14.1. The van der Waals surface area contributed by atoms with Crippen LogP contribution in [0.4, 0.5) is 0 Å². The maximum atomic E-state index is 11.6. The Morgan fingerprint density at radius 3 is 2.35 bits per heavy atom. The van der Waals surface area contributed by atoms with Crippen molar-refractivity contribution in [3.63, 3.8) is 0 Å². The van der Waals surface area contributed by atoms with Gasteiger partial charge in [0.15, 0.2) is 6.29 Å². The number of hydrogen-bond acceptors (Lipinski definition) is 1. The minimum absolute atomic E-state index is 0.608. The predicted octanol–water partition coefficient (Wildman–Crippen LogP) is 5.63. The van der Waals surface area contributed by atoms with E-state index in [9.17, 15) is 4.79 Å². The number of halogens is 2. The molecule has 0 aliphatic carbocycles. The molecule has 98 valence electrons. The number of rotatable bonds is 2. The standard InChI is InChI=1S/C17H10Cl2O/c18-12-7-5-11-6-8-13(16(10-20)15(11)9-12)14-3-1-2-4-17(14)19/h1-10H. The fourth-order valence-electron chi connectivity index (χ4n) is 2.36. The largest absolute Gasteiger partial charge is 0.298 e. The van der Waals surface area contributed by atoms with Gasteiger partial charge in [0.1, 0.15) is 0 Å². The van der Waals surface area contributed by atoms with Crippen molar-refractivity contribution in [2.45, 2.75) is 0 Å². The first-order chi connectivity index (χ1) is 9.70. The minimum Gasteiger partial charge on any atom is -0.298 e. The number of fused-ring (bicyclic) bond motifs is 1. The molecule has 0 fully saturated rings. The molecular formula is C17H10Cl2O. The molecule has 3 heteroatoms. The van der Waals surface area contributed by atoms with Gasteiger partial charge in [-0.05, 0) is 34.5 Å². The molecule has 1 nitrogen and oxygen atoms in total. The van der Waals surface area contributed by atoms with Crippen LogP contribution in [0.25, 0.3) is 21.9 Å². The summed E-state index contributed by atoms with van der Waals surface area (Å²) in [5.74, 6) is 0. The van der Waals surface area contributed by atoms with Crippen LogP contribution < -0.4 is 0 Å². The van der Waals surface area contributed by atoms with Crippen LogP contribution in [-0.2, 0) is 0 Å². The molecule has 0 spiro atoms. The third-order valence-electron chi connectivity index (χ3n) is 3.31. The summed E-state index contributed by atoms with van der Waals surface area (Å²) in [7, 11) is 0. The first kappa shape index (κ1) is 13.2. The lowest BCUT2D eigenvalue weighted by molar-refractivity contribution is 0.112. The van der Waals surface area contributed by atoms with Crippen LogP contribution in [0.2, 0.25) is 10.0 Å². The Labute approximate surface area is 126 Å². The van der Waals surface area contributed by atoms with Gasteiger partial charge in [-0.3, -0.25) is 4.79 Å².